The number of hydrogen-bond acceptors (Lipinski definition) is 2. The third-order valence-electron chi connectivity index (χ3n) is 6.63. The van der Waals surface area contributed by atoms with E-state index in [-0.39, 0.29) is 28.6 Å². The van der Waals surface area contributed by atoms with Crippen LogP contribution < -0.4 is 0 Å². The van der Waals surface area contributed by atoms with Crippen molar-refractivity contribution in [2.45, 2.75) is 75.7 Å². The largest absolute Gasteiger partial charge is 0.439 e. The highest BCUT2D eigenvalue weighted by Gasteiger charge is 2.55. The Kier molecular flexibility index (Phi) is 7.82. The Bertz CT molecular complexity index is 1110. The second kappa shape index (κ2) is 9.85. The number of ether oxygens (including phenoxy) is 1. The van der Waals surface area contributed by atoms with Crippen molar-refractivity contribution >= 4 is 22.0 Å². The molecule has 1 aliphatic carbocycles. The molecule has 0 bridgehead atoms. The van der Waals surface area contributed by atoms with Crippen LogP contribution in [0, 0.1) is 5.41 Å². The van der Waals surface area contributed by atoms with Gasteiger partial charge in [0, 0.05) is 11.4 Å². The van der Waals surface area contributed by atoms with Crippen LogP contribution in [-0.2, 0) is 17.5 Å². The van der Waals surface area contributed by atoms with Crippen molar-refractivity contribution < 1.29 is 49.0 Å². The fourth-order valence-electron chi connectivity index (χ4n) is 4.47. The molecule has 1 heterocycles. The van der Waals surface area contributed by atoms with Crippen LogP contribution in [0.5, 0.6) is 0 Å². The number of rotatable bonds is 5. The molecule has 3 rings (SSSR count). The quantitative estimate of drug-likeness (QED) is 0.248. The Morgan fingerprint density at radius 2 is 1.73 bits per heavy atom. The van der Waals surface area contributed by atoms with Crippen molar-refractivity contribution in [2.24, 2.45) is 5.41 Å². The van der Waals surface area contributed by atoms with E-state index < -0.39 is 59.7 Å². The van der Waals surface area contributed by atoms with E-state index in [1.807, 2.05) is 0 Å². The molecule has 1 aliphatic heterocycles. The van der Waals surface area contributed by atoms with Crippen LogP contribution in [0.15, 0.2) is 41.5 Å². The van der Waals surface area contributed by atoms with Gasteiger partial charge in [-0.1, -0.05) is 35.0 Å². The van der Waals surface area contributed by atoms with Gasteiger partial charge < -0.3 is 4.74 Å². The van der Waals surface area contributed by atoms with Gasteiger partial charge in [-0.05, 0) is 61.6 Å². The zero-order chi connectivity index (χ0) is 28.1. The Morgan fingerprint density at radius 3 is 2.24 bits per heavy atom. The van der Waals surface area contributed by atoms with Gasteiger partial charge in [0.05, 0.1) is 22.6 Å². The van der Waals surface area contributed by atoms with Gasteiger partial charge in [-0.3, -0.25) is 4.90 Å². The summed E-state index contributed by atoms with van der Waals surface area (Å²) in [5, 5.41) is 0. The smallest absolute Gasteiger partial charge is 0.416 e. The van der Waals surface area contributed by atoms with Gasteiger partial charge in [0.25, 0.3) is 0 Å². The zero-order valence-corrected chi connectivity index (χ0v) is 21.4. The minimum Gasteiger partial charge on any atom is -0.439 e. The van der Waals surface area contributed by atoms with Crippen molar-refractivity contribution in [3.8, 4) is 0 Å². The predicted molar refractivity (Wildman–Crippen MR) is 120 cm³/mol. The van der Waals surface area contributed by atoms with Gasteiger partial charge in [-0.25, -0.2) is 4.79 Å². The molecule has 4 atom stereocenters. The van der Waals surface area contributed by atoms with Gasteiger partial charge in [-0.15, -0.1) is 0 Å². The van der Waals surface area contributed by atoms with E-state index in [0.717, 1.165) is 17.0 Å². The highest BCUT2D eigenvalue weighted by molar-refractivity contribution is 9.09. The SMILES string of the molecule is CCC(Br)c1ccc(C(F)(F)F)cc1CN1C(=O)O[C@H](C2=CC(C(F)(F)F)=CC(C)(C(F)(F)F)C2)[C@@H]1C. The number of hydrogen-bond donors (Lipinski definition) is 0. The maximum atomic E-state index is 13.7. The van der Waals surface area contributed by atoms with Crippen LogP contribution in [-0.4, -0.2) is 35.5 Å². The van der Waals surface area contributed by atoms with Crippen LogP contribution in [0.25, 0.3) is 0 Å². The lowest BCUT2D eigenvalue weighted by Gasteiger charge is -2.36. The maximum Gasteiger partial charge on any atom is 0.416 e. The second-order valence-corrected chi connectivity index (χ2v) is 10.5. The molecule has 1 amide bonds. The van der Waals surface area contributed by atoms with Gasteiger partial charge in [0.15, 0.2) is 0 Å². The van der Waals surface area contributed by atoms with Crippen LogP contribution in [0.2, 0.25) is 0 Å². The molecule has 0 saturated carbocycles. The first kappa shape index (κ1) is 29.4. The number of alkyl halides is 10. The fraction of sp³-hybridized carbons (Fsp3) is 0.542. The standard InChI is InChI=1S/C24H23BrF9NO2/c1-4-18(25)17-6-5-15(22(26,27)28)8-14(17)11-35-12(2)19(37-20(35)36)13-7-16(23(29,30)31)10-21(3,9-13)24(32,33)34/h5-8,10,12,18-19H,4,9,11H2,1-3H3/t12-,18?,19-,21?/m0/s1. The molecule has 37 heavy (non-hydrogen) atoms. The Morgan fingerprint density at radius 1 is 1.11 bits per heavy atom. The molecule has 0 spiro atoms. The van der Waals surface area contributed by atoms with Gasteiger partial charge >= 0.3 is 24.6 Å². The third kappa shape index (κ3) is 5.96. The van der Waals surface area contributed by atoms with Crippen LogP contribution in [0.1, 0.15) is 55.1 Å². The summed E-state index contributed by atoms with van der Waals surface area (Å²) in [7, 11) is 0. The summed E-state index contributed by atoms with van der Waals surface area (Å²) in [6.07, 6.45) is -17.0. The van der Waals surface area contributed by atoms with Crippen LogP contribution in [0.3, 0.4) is 0 Å². The summed E-state index contributed by atoms with van der Waals surface area (Å²) in [5.41, 5.74) is -5.14. The highest BCUT2D eigenvalue weighted by atomic mass is 79.9. The van der Waals surface area contributed by atoms with E-state index >= 15 is 0 Å². The average Bonchev–Trinajstić information content (AvgIpc) is 3.04. The van der Waals surface area contributed by atoms with Crippen molar-refractivity contribution in [3.63, 3.8) is 0 Å². The lowest BCUT2D eigenvalue weighted by molar-refractivity contribution is -0.201. The molecular weight excluding hydrogens is 585 g/mol. The summed E-state index contributed by atoms with van der Waals surface area (Å²) in [6.45, 7) is 3.39. The Labute approximate surface area is 215 Å². The normalized spacial score (nSPS) is 26.1. The van der Waals surface area contributed by atoms with Crippen LogP contribution >= 0.6 is 15.9 Å². The summed E-state index contributed by atoms with van der Waals surface area (Å²) >= 11 is 3.38. The minimum atomic E-state index is -5.08. The van der Waals surface area contributed by atoms with Crippen molar-refractivity contribution in [2.75, 3.05) is 0 Å². The second-order valence-electron chi connectivity index (χ2n) is 9.37. The van der Waals surface area contributed by atoms with Crippen molar-refractivity contribution in [1.29, 1.82) is 0 Å². The van der Waals surface area contributed by atoms with E-state index in [4.69, 9.17) is 4.74 Å². The first-order chi connectivity index (χ1) is 16.8. The van der Waals surface area contributed by atoms with E-state index in [2.05, 4.69) is 15.9 Å². The predicted octanol–water partition coefficient (Wildman–Crippen LogP) is 8.65. The first-order valence-electron chi connectivity index (χ1n) is 11.2. The number of carbonyl (C=O) groups is 1. The Balaban J connectivity index is 1.98. The van der Waals surface area contributed by atoms with Crippen molar-refractivity contribution in [3.05, 3.63) is 58.2 Å². The van der Waals surface area contributed by atoms with Gasteiger partial charge in [0.1, 0.15) is 6.10 Å². The third-order valence-corrected chi connectivity index (χ3v) is 7.77. The van der Waals surface area contributed by atoms with Crippen LogP contribution in [0.4, 0.5) is 44.3 Å². The minimum absolute atomic E-state index is 0.117. The zero-order valence-electron chi connectivity index (χ0n) is 19.8. The first-order valence-corrected chi connectivity index (χ1v) is 12.1. The lowest BCUT2D eigenvalue weighted by Crippen LogP contribution is -2.40. The summed E-state index contributed by atoms with van der Waals surface area (Å²) in [5.74, 6) is 0. The van der Waals surface area contributed by atoms with E-state index in [0.29, 0.717) is 25.0 Å². The number of benzene rings is 1. The molecule has 13 heteroatoms. The van der Waals surface area contributed by atoms with E-state index in [1.165, 1.54) is 13.0 Å². The summed E-state index contributed by atoms with van der Waals surface area (Å²) < 4.78 is 127. The molecule has 0 radical (unpaired) electrons. The number of cyclic esters (lactones) is 1. The molecule has 1 saturated heterocycles. The number of amides is 1. The van der Waals surface area contributed by atoms with E-state index in [9.17, 15) is 44.3 Å². The molecule has 0 aromatic heterocycles. The molecule has 1 aromatic rings. The molecule has 0 N–H and O–H groups in total. The number of carbonyl (C=O) groups excluding carboxylic acids is 1. The Hall–Kier alpha value is -2.18. The average molecular weight is 608 g/mol. The molecular formula is C24H23BrF9NO2. The summed E-state index contributed by atoms with van der Waals surface area (Å²) in [4.78, 5) is 13.3. The van der Waals surface area contributed by atoms with E-state index in [1.54, 1.807) is 6.92 Å². The number of allylic oxidation sites excluding steroid dienone is 3. The molecule has 2 unspecified atom stereocenters. The monoisotopic (exact) mass is 607 g/mol. The molecule has 1 aromatic carbocycles. The molecule has 2 aliphatic rings. The van der Waals surface area contributed by atoms with Gasteiger partial charge in [-0.2, -0.15) is 39.5 Å². The molecule has 1 fully saturated rings. The number of nitrogens with zero attached hydrogens (tertiary/aromatic N) is 1. The highest BCUT2D eigenvalue weighted by Crippen LogP contribution is 2.51. The molecule has 206 valence electrons. The maximum absolute atomic E-state index is 13.7. The summed E-state index contributed by atoms with van der Waals surface area (Å²) in [6, 6.07) is 1.98. The van der Waals surface area contributed by atoms with Gasteiger partial charge in [0.2, 0.25) is 0 Å². The number of halogens is 10. The van der Waals surface area contributed by atoms with Crippen molar-refractivity contribution in [1.82, 2.24) is 4.90 Å². The molecule has 3 nitrogen and oxygen atoms in total. The fourth-order valence-corrected chi connectivity index (χ4v) is 4.91. The topological polar surface area (TPSA) is 29.5 Å². The lowest BCUT2D eigenvalue weighted by atomic mass is 9.75.